The fourth-order valence-electron chi connectivity index (χ4n) is 2.09. The number of furan rings is 1. The molecule has 1 amide bonds. The number of carbonyl (C=O) groups excluding carboxylic acids is 1. The summed E-state index contributed by atoms with van der Waals surface area (Å²) in [5.41, 5.74) is 5.99. The maximum atomic E-state index is 12.4. The Labute approximate surface area is 118 Å². The number of amides is 1. The van der Waals surface area contributed by atoms with E-state index in [4.69, 9.17) is 10.2 Å². The Morgan fingerprint density at radius 1 is 1.58 bits per heavy atom. The van der Waals surface area contributed by atoms with Crippen LogP contribution in [-0.2, 0) is 11.3 Å². The average molecular weight is 282 g/mol. The van der Waals surface area contributed by atoms with E-state index in [2.05, 4.69) is 0 Å². The first-order valence-corrected chi connectivity index (χ1v) is 8.11. The number of aryl methyl sites for hydroxylation is 1. The zero-order chi connectivity index (χ0) is 13.8. The Kier molecular flexibility index (Phi) is 4.93. The van der Waals surface area contributed by atoms with Gasteiger partial charge in [0.05, 0.1) is 12.6 Å². The van der Waals surface area contributed by atoms with Gasteiger partial charge in [-0.3, -0.25) is 4.79 Å². The van der Waals surface area contributed by atoms with Crippen molar-refractivity contribution in [2.75, 3.05) is 12.0 Å². The maximum absolute atomic E-state index is 12.4. The molecule has 2 N–H and O–H groups in total. The molecule has 0 spiro atoms. The van der Waals surface area contributed by atoms with Gasteiger partial charge in [-0.1, -0.05) is 0 Å². The molecular formula is C14H22N2O2S. The van der Waals surface area contributed by atoms with Gasteiger partial charge < -0.3 is 15.1 Å². The van der Waals surface area contributed by atoms with Crippen LogP contribution in [0.4, 0.5) is 0 Å². The Hall–Kier alpha value is -0.940. The fraction of sp³-hybridized carbons (Fsp3) is 0.643. The summed E-state index contributed by atoms with van der Waals surface area (Å²) in [6.07, 6.45) is 4.93. The first-order valence-electron chi connectivity index (χ1n) is 6.72. The zero-order valence-electron chi connectivity index (χ0n) is 11.6. The van der Waals surface area contributed by atoms with Gasteiger partial charge in [0, 0.05) is 6.04 Å². The molecule has 1 saturated carbocycles. The van der Waals surface area contributed by atoms with Crippen molar-refractivity contribution in [3.05, 3.63) is 23.7 Å². The number of hydrogen-bond donors (Lipinski definition) is 1. The third-order valence-corrected chi connectivity index (χ3v) is 3.99. The summed E-state index contributed by atoms with van der Waals surface area (Å²) in [7, 11) is 0. The van der Waals surface area contributed by atoms with E-state index in [9.17, 15) is 4.79 Å². The van der Waals surface area contributed by atoms with Crippen LogP contribution >= 0.6 is 11.8 Å². The van der Waals surface area contributed by atoms with E-state index in [1.165, 1.54) is 0 Å². The average Bonchev–Trinajstić information content (AvgIpc) is 3.15. The first kappa shape index (κ1) is 14.5. The van der Waals surface area contributed by atoms with Crippen molar-refractivity contribution in [3.63, 3.8) is 0 Å². The van der Waals surface area contributed by atoms with Crippen molar-refractivity contribution in [1.29, 1.82) is 0 Å². The van der Waals surface area contributed by atoms with Crippen LogP contribution in [0.3, 0.4) is 0 Å². The normalized spacial score (nSPS) is 16.4. The van der Waals surface area contributed by atoms with Crippen molar-refractivity contribution < 1.29 is 9.21 Å². The summed E-state index contributed by atoms with van der Waals surface area (Å²) >= 11 is 1.72. The van der Waals surface area contributed by atoms with E-state index in [1.54, 1.807) is 11.8 Å². The SMILES string of the molecule is CSCC[C@H](N)C(=O)N(Cc1ccc(C)o1)C1CC1. The molecule has 4 nitrogen and oxygen atoms in total. The number of thioether (sulfide) groups is 1. The molecule has 1 aromatic rings. The predicted octanol–water partition coefficient (Wildman–Crippen LogP) is 2.16. The monoisotopic (exact) mass is 282 g/mol. The molecule has 1 aromatic heterocycles. The van der Waals surface area contributed by atoms with Gasteiger partial charge in [0.2, 0.25) is 5.91 Å². The lowest BCUT2D eigenvalue weighted by molar-refractivity contribution is -0.134. The largest absolute Gasteiger partial charge is 0.464 e. The number of nitrogens with two attached hydrogens (primary N) is 1. The summed E-state index contributed by atoms with van der Waals surface area (Å²) in [6.45, 7) is 2.46. The zero-order valence-corrected chi connectivity index (χ0v) is 12.4. The van der Waals surface area contributed by atoms with Crippen molar-refractivity contribution >= 4 is 17.7 Å². The third-order valence-electron chi connectivity index (χ3n) is 3.34. The second kappa shape index (κ2) is 6.48. The number of nitrogens with zero attached hydrogens (tertiary/aromatic N) is 1. The molecule has 0 saturated heterocycles. The molecular weight excluding hydrogens is 260 g/mol. The number of carbonyl (C=O) groups is 1. The third kappa shape index (κ3) is 4.01. The Bertz CT molecular complexity index is 429. The molecule has 1 aliphatic rings. The van der Waals surface area contributed by atoms with E-state index in [1.807, 2.05) is 30.2 Å². The van der Waals surface area contributed by atoms with Gasteiger partial charge in [0.25, 0.3) is 0 Å². The second-order valence-corrected chi connectivity index (χ2v) is 6.08. The molecule has 0 aliphatic heterocycles. The molecule has 0 bridgehead atoms. The van der Waals surface area contributed by atoms with Gasteiger partial charge in [0.1, 0.15) is 11.5 Å². The lowest BCUT2D eigenvalue weighted by Gasteiger charge is -2.24. The van der Waals surface area contributed by atoms with Crippen LogP contribution in [0, 0.1) is 6.92 Å². The molecule has 1 heterocycles. The summed E-state index contributed by atoms with van der Waals surface area (Å²) in [6, 6.07) is 3.84. The lowest BCUT2D eigenvalue weighted by Crippen LogP contribution is -2.44. The van der Waals surface area contributed by atoms with Gasteiger partial charge in [0.15, 0.2) is 0 Å². The Balaban J connectivity index is 1.97. The van der Waals surface area contributed by atoms with E-state index < -0.39 is 0 Å². The molecule has 106 valence electrons. The van der Waals surface area contributed by atoms with Gasteiger partial charge in [-0.05, 0) is 50.3 Å². The molecule has 0 radical (unpaired) electrons. The summed E-state index contributed by atoms with van der Waals surface area (Å²) in [5.74, 6) is 2.70. The molecule has 2 rings (SSSR count). The minimum absolute atomic E-state index is 0.0607. The minimum Gasteiger partial charge on any atom is -0.464 e. The van der Waals surface area contributed by atoms with Gasteiger partial charge in [-0.2, -0.15) is 11.8 Å². The highest BCUT2D eigenvalue weighted by atomic mass is 32.2. The van der Waals surface area contributed by atoms with Gasteiger partial charge in [-0.15, -0.1) is 0 Å². The molecule has 0 unspecified atom stereocenters. The minimum atomic E-state index is -0.385. The van der Waals surface area contributed by atoms with E-state index in [-0.39, 0.29) is 11.9 Å². The topological polar surface area (TPSA) is 59.5 Å². The van der Waals surface area contributed by atoms with Crippen molar-refractivity contribution in [2.45, 2.75) is 44.8 Å². The maximum Gasteiger partial charge on any atom is 0.240 e. The lowest BCUT2D eigenvalue weighted by atomic mass is 10.2. The van der Waals surface area contributed by atoms with Crippen LogP contribution in [0.25, 0.3) is 0 Å². The first-order chi connectivity index (χ1) is 9.11. The number of rotatable bonds is 7. The summed E-state index contributed by atoms with van der Waals surface area (Å²) in [4.78, 5) is 14.3. The molecule has 5 heteroatoms. The van der Waals surface area contributed by atoms with Crippen molar-refractivity contribution in [3.8, 4) is 0 Å². The molecule has 19 heavy (non-hydrogen) atoms. The van der Waals surface area contributed by atoms with E-state index in [0.29, 0.717) is 12.6 Å². The fourth-order valence-corrected chi connectivity index (χ4v) is 2.58. The summed E-state index contributed by atoms with van der Waals surface area (Å²) < 4.78 is 5.56. The van der Waals surface area contributed by atoms with Gasteiger partial charge >= 0.3 is 0 Å². The van der Waals surface area contributed by atoms with Gasteiger partial charge in [-0.25, -0.2) is 0 Å². The quantitative estimate of drug-likeness (QED) is 0.832. The molecule has 1 aliphatic carbocycles. The standard InChI is InChI=1S/C14H22N2O2S/c1-10-3-6-12(18-10)9-16(11-4-5-11)14(17)13(15)7-8-19-2/h3,6,11,13H,4-5,7-9,15H2,1-2H3/t13-/m0/s1. The smallest absolute Gasteiger partial charge is 0.240 e. The molecule has 0 aromatic carbocycles. The number of hydrogen-bond acceptors (Lipinski definition) is 4. The highest BCUT2D eigenvalue weighted by Crippen LogP contribution is 2.29. The second-order valence-electron chi connectivity index (χ2n) is 5.10. The van der Waals surface area contributed by atoms with Crippen LogP contribution in [0.15, 0.2) is 16.5 Å². The van der Waals surface area contributed by atoms with Crippen molar-refractivity contribution in [1.82, 2.24) is 4.90 Å². The van der Waals surface area contributed by atoms with Crippen LogP contribution in [0.1, 0.15) is 30.8 Å². The van der Waals surface area contributed by atoms with Crippen LogP contribution < -0.4 is 5.73 Å². The molecule has 1 atom stereocenters. The van der Waals surface area contributed by atoms with E-state index in [0.717, 1.165) is 36.5 Å². The highest BCUT2D eigenvalue weighted by Gasteiger charge is 2.35. The molecule has 1 fully saturated rings. The van der Waals surface area contributed by atoms with Crippen molar-refractivity contribution in [2.24, 2.45) is 5.73 Å². The Morgan fingerprint density at radius 3 is 2.84 bits per heavy atom. The van der Waals surface area contributed by atoms with Crippen LogP contribution in [0.2, 0.25) is 0 Å². The van der Waals surface area contributed by atoms with E-state index >= 15 is 0 Å². The van der Waals surface area contributed by atoms with Crippen LogP contribution in [-0.4, -0.2) is 34.9 Å². The summed E-state index contributed by atoms with van der Waals surface area (Å²) in [5, 5.41) is 0. The van der Waals surface area contributed by atoms with Crippen LogP contribution in [0.5, 0.6) is 0 Å². The Morgan fingerprint density at radius 2 is 2.32 bits per heavy atom. The predicted molar refractivity (Wildman–Crippen MR) is 78.0 cm³/mol. The highest BCUT2D eigenvalue weighted by molar-refractivity contribution is 7.98.